The average molecular weight is 273 g/mol. The van der Waals surface area contributed by atoms with Crippen LogP contribution in [-0.4, -0.2) is 10.1 Å². The van der Waals surface area contributed by atoms with E-state index in [0.29, 0.717) is 0 Å². The quantitative estimate of drug-likeness (QED) is 0.867. The first-order valence-corrected chi connectivity index (χ1v) is 7.55. The third-order valence-corrected chi connectivity index (χ3v) is 5.09. The van der Waals surface area contributed by atoms with Crippen LogP contribution in [-0.2, 0) is 12.8 Å². The van der Waals surface area contributed by atoms with Gasteiger partial charge in [-0.3, -0.25) is 0 Å². The molecule has 1 aliphatic carbocycles. The molecule has 1 N–H and O–H groups in total. The van der Waals surface area contributed by atoms with Gasteiger partial charge in [0.15, 0.2) is 6.10 Å². The maximum atomic E-state index is 9.99. The molecule has 0 saturated carbocycles. The van der Waals surface area contributed by atoms with E-state index in [0.717, 1.165) is 42.1 Å². The molecule has 3 nitrogen and oxygen atoms in total. The van der Waals surface area contributed by atoms with Crippen LogP contribution in [0.4, 0.5) is 0 Å². The van der Waals surface area contributed by atoms with Crippen LogP contribution < -0.4 is 4.74 Å². The molecule has 0 saturated heterocycles. The van der Waals surface area contributed by atoms with Crippen molar-refractivity contribution in [2.24, 2.45) is 0 Å². The molecule has 0 radical (unpaired) electrons. The van der Waals surface area contributed by atoms with Gasteiger partial charge in [0.2, 0.25) is 0 Å². The predicted octanol–water partition coefficient (Wildman–Crippen LogP) is 3.19. The van der Waals surface area contributed by atoms with E-state index in [9.17, 15) is 5.11 Å². The van der Waals surface area contributed by atoms with Crippen LogP contribution in [0.15, 0.2) is 24.3 Å². The number of hydrogen-bond donors (Lipinski definition) is 1. The number of aromatic nitrogens is 1. The van der Waals surface area contributed by atoms with Crippen LogP contribution in [0.25, 0.3) is 0 Å². The summed E-state index contributed by atoms with van der Waals surface area (Å²) in [7, 11) is 0. The fourth-order valence-electron chi connectivity index (χ4n) is 2.87. The number of aliphatic hydroxyl groups excluding tert-OH is 1. The summed E-state index contributed by atoms with van der Waals surface area (Å²) >= 11 is 1.71. The maximum Gasteiger partial charge on any atom is 0.154 e. The van der Waals surface area contributed by atoms with E-state index >= 15 is 0 Å². The minimum Gasteiger partial charge on any atom is -0.483 e. The Hall–Kier alpha value is -1.39. The molecule has 2 heterocycles. The van der Waals surface area contributed by atoms with Gasteiger partial charge < -0.3 is 9.84 Å². The number of aryl methyl sites for hydroxylation is 1. The lowest BCUT2D eigenvalue weighted by Gasteiger charge is -2.14. The number of thiazole rings is 1. The highest BCUT2D eigenvalue weighted by molar-refractivity contribution is 7.11. The number of fused-ring (bicyclic) bond motifs is 2. The van der Waals surface area contributed by atoms with Gasteiger partial charge in [-0.25, -0.2) is 4.98 Å². The Morgan fingerprint density at radius 3 is 3.05 bits per heavy atom. The topological polar surface area (TPSA) is 42.4 Å². The molecule has 4 heteroatoms. The van der Waals surface area contributed by atoms with E-state index in [-0.39, 0.29) is 12.2 Å². The minimum atomic E-state index is -0.377. The highest BCUT2D eigenvalue weighted by Gasteiger charge is 2.30. The van der Waals surface area contributed by atoms with Gasteiger partial charge in [-0.05, 0) is 30.9 Å². The zero-order chi connectivity index (χ0) is 12.8. The van der Waals surface area contributed by atoms with Gasteiger partial charge in [-0.1, -0.05) is 18.2 Å². The van der Waals surface area contributed by atoms with Crippen molar-refractivity contribution in [3.63, 3.8) is 0 Å². The zero-order valence-electron chi connectivity index (χ0n) is 10.5. The van der Waals surface area contributed by atoms with Gasteiger partial charge in [0, 0.05) is 11.3 Å². The molecule has 2 aliphatic rings. The van der Waals surface area contributed by atoms with Gasteiger partial charge in [0.05, 0.1) is 11.8 Å². The van der Waals surface area contributed by atoms with Gasteiger partial charge in [-0.15, -0.1) is 11.3 Å². The Morgan fingerprint density at radius 1 is 1.32 bits per heavy atom. The van der Waals surface area contributed by atoms with Crippen molar-refractivity contribution >= 4 is 11.3 Å². The van der Waals surface area contributed by atoms with Crippen molar-refractivity contribution in [3.8, 4) is 5.75 Å². The number of rotatable bonds is 1. The van der Waals surface area contributed by atoms with E-state index in [1.807, 2.05) is 18.2 Å². The molecule has 2 aromatic rings. The fraction of sp³-hybridized carbons (Fsp3) is 0.400. The van der Waals surface area contributed by atoms with Crippen LogP contribution in [0.2, 0.25) is 0 Å². The molecule has 1 aromatic heterocycles. The van der Waals surface area contributed by atoms with E-state index in [4.69, 9.17) is 4.74 Å². The molecule has 0 fully saturated rings. The zero-order valence-corrected chi connectivity index (χ0v) is 11.3. The summed E-state index contributed by atoms with van der Waals surface area (Å²) in [5, 5.41) is 11.0. The van der Waals surface area contributed by atoms with E-state index in [1.54, 1.807) is 11.3 Å². The summed E-state index contributed by atoms with van der Waals surface area (Å²) in [4.78, 5) is 5.88. The first-order valence-electron chi connectivity index (χ1n) is 6.73. The van der Waals surface area contributed by atoms with Crippen molar-refractivity contribution in [2.75, 3.05) is 0 Å². The van der Waals surface area contributed by atoms with E-state index in [2.05, 4.69) is 11.1 Å². The molecule has 19 heavy (non-hydrogen) atoms. The summed E-state index contributed by atoms with van der Waals surface area (Å²) in [5.74, 6) is 0.973. The molecule has 0 amide bonds. The fourth-order valence-corrected chi connectivity index (χ4v) is 4.06. The second-order valence-corrected chi connectivity index (χ2v) is 6.30. The third-order valence-electron chi connectivity index (χ3n) is 3.86. The van der Waals surface area contributed by atoms with Crippen LogP contribution in [0, 0.1) is 0 Å². The Morgan fingerprint density at radius 2 is 2.21 bits per heavy atom. The lowest BCUT2D eigenvalue weighted by atomic mass is 10.0. The molecule has 0 spiro atoms. The Bertz CT molecular complexity index is 597. The van der Waals surface area contributed by atoms with Crippen molar-refractivity contribution in [1.29, 1.82) is 0 Å². The summed E-state index contributed by atoms with van der Waals surface area (Å²) in [5.41, 5.74) is 2.15. The second kappa shape index (κ2) is 4.32. The van der Waals surface area contributed by atoms with Crippen molar-refractivity contribution in [2.45, 2.75) is 37.9 Å². The summed E-state index contributed by atoms with van der Waals surface area (Å²) in [6, 6.07) is 8.16. The standard InChI is InChI=1S/C15H15NO2S/c17-10-5-3-7-13-14(10)16-15(19-13)12-8-9-4-1-2-6-11(9)18-12/h1-2,4,6,10,12,17H,3,5,7-8H2. The van der Waals surface area contributed by atoms with Crippen molar-refractivity contribution in [1.82, 2.24) is 4.98 Å². The maximum absolute atomic E-state index is 9.99. The first kappa shape index (κ1) is 11.4. The number of nitrogens with zero attached hydrogens (tertiary/aromatic N) is 1. The molecule has 4 rings (SSSR count). The normalized spacial score (nSPS) is 24.7. The van der Waals surface area contributed by atoms with Crippen LogP contribution >= 0.6 is 11.3 Å². The van der Waals surface area contributed by atoms with Gasteiger partial charge in [-0.2, -0.15) is 0 Å². The van der Waals surface area contributed by atoms with Gasteiger partial charge >= 0.3 is 0 Å². The lowest BCUT2D eigenvalue weighted by Crippen LogP contribution is -2.08. The molecular formula is C15H15NO2S. The number of hydrogen-bond acceptors (Lipinski definition) is 4. The molecule has 2 unspecified atom stereocenters. The Labute approximate surface area is 115 Å². The highest BCUT2D eigenvalue weighted by Crippen LogP contribution is 2.41. The van der Waals surface area contributed by atoms with E-state index in [1.165, 1.54) is 10.4 Å². The predicted molar refractivity (Wildman–Crippen MR) is 73.5 cm³/mol. The third kappa shape index (κ3) is 1.86. The lowest BCUT2D eigenvalue weighted by molar-refractivity contribution is 0.152. The number of ether oxygens (including phenoxy) is 1. The molecule has 0 bridgehead atoms. The summed E-state index contributed by atoms with van der Waals surface area (Å²) < 4.78 is 5.97. The molecule has 1 aromatic carbocycles. The molecule has 98 valence electrons. The van der Waals surface area contributed by atoms with Crippen molar-refractivity contribution < 1.29 is 9.84 Å². The molecular weight excluding hydrogens is 258 g/mol. The Balaban J connectivity index is 1.65. The smallest absolute Gasteiger partial charge is 0.154 e. The van der Waals surface area contributed by atoms with Gasteiger partial charge in [0.1, 0.15) is 10.8 Å². The summed E-state index contributed by atoms with van der Waals surface area (Å²) in [6.07, 6.45) is 3.48. The monoisotopic (exact) mass is 273 g/mol. The Kier molecular flexibility index (Phi) is 2.60. The van der Waals surface area contributed by atoms with E-state index < -0.39 is 0 Å². The second-order valence-electron chi connectivity index (χ2n) is 5.19. The largest absolute Gasteiger partial charge is 0.483 e. The van der Waals surface area contributed by atoms with Gasteiger partial charge in [0.25, 0.3) is 0 Å². The first-order chi connectivity index (χ1) is 9.31. The van der Waals surface area contributed by atoms with Crippen LogP contribution in [0.1, 0.15) is 46.2 Å². The average Bonchev–Trinajstić information content (AvgIpc) is 3.02. The number of benzene rings is 1. The summed E-state index contributed by atoms with van der Waals surface area (Å²) in [6.45, 7) is 0. The molecule has 2 atom stereocenters. The SMILES string of the molecule is OC1CCCc2sc(C3Cc4ccccc4O3)nc21. The molecule has 1 aliphatic heterocycles. The number of aliphatic hydroxyl groups is 1. The number of para-hydroxylation sites is 1. The van der Waals surface area contributed by atoms with Crippen molar-refractivity contribution in [3.05, 3.63) is 45.4 Å². The van der Waals surface area contributed by atoms with Crippen LogP contribution in [0.5, 0.6) is 5.75 Å². The minimum absolute atomic E-state index is 0.0280. The highest BCUT2D eigenvalue weighted by atomic mass is 32.1. The van der Waals surface area contributed by atoms with Crippen LogP contribution in [0.3, 0.4) is 0 Å².